The molecule has 0 saturated heterocycles. The van der Waals surface area contributed by atoms with Crippen molar-refractivity contribution in [1.29, 1.82) is 0 Å². The van der Waals surface area contributed by atoms with Gasteiger partial charge in [0.25, 0.3) is 5.56 Å². The second-order valence-corrected chi connectivity index (χ2v) is 5.42. The summed E-state index contributed by atoms with van der Waals surface area (Å²) in [7, 11) is 3.29. The van der Waals surface area contributed by atoms with E-state index < -0.39 is 5.60 Å². The van der Waals surface area contributed by atoms with Crippen LogP contribution < -0.4 is 5.56 Å². The van der Waals surface area contributed by atoms with Crippen LogP contribution in [0, 0.1) is 5.92 Å². The van der Waals surface area contributed by atoms with Crippen LogP contribution in [0.25, 0.3) is 0 Å². The van der Waals surface area contributed by atoms with Crippen LogP contribution in [0.4, 0.5) is 0 Å². The zero-order valence-corrected chi connectivity index (χ0v) is 11.9. The lowest BCUT2D eigenvalue weighted by Gasteiger charge is -2.37. The Morgan fingerprint density at radius 2 is 2.32 bits per heavy atom. The summed E-state index contributed by atoms with van der Waals surface area (Å²) in [5.41, 5.74) is 0.0447. The lowest BCUT2D eigenvalue weighted by atomic mass is 9.78. The van der Waals surface area contributed by atoms with Gasteiger partial charge in [-0.1, -0.05) is 13.3 Å². The number of H-pyrrole nitrogens is 1. The van der Waals surface area contributed by atoms with Gasteiger partial charge in [0.2, 0.25) is 0 Å². The number of nitrogens with zero attached hydrogens (tertiary/aromatic N) is 1. The summed E-state index contributed by atoms with van der Waals surface area (Å²) in [5.74, 6) is 1.21. The Kier molecular flexibility index (Phi) is 4.37. The number of rotatable bonds is 4. The molecule has 0 spiro atoms. The number of hydrogen-bond acceptors (Lipinski definition) is 4. The molecule has 0 bridgehead atoms. The van der Waals surface area contributed by atoms with Gasteiger partial charge in [-0.3, -0.25) is 4.79 Å². The van der Waals surface area contributed by atoms with Crippen molar-refractivity contribution in [3.05, 3.63) is 27.9 Å². The topological polar surface area (TPSA) is 64.2 Å². The maximum Gasteiger partial charge on any atom is 0.251 e. The van der Waals surface area contributed by atoms with Crippen molar-refractivity contribution < 1.29 is 9.47 Å². The summed E-state index contributed by atoms with van der Waals surface area (Å²) in [4.78, 5) is 19.1. The molecule has 0 amide bonds. The summed E-state index contributed by atoms with van der Waals surface area (Å²) in [6.07, 6.45) is 4.08. The van der Waals surface area contributed by atoms with E-state index in [-0.39, 0.29) is 5.56 Å². The molecule has 0 aliphatic heterocycles. The quantitative estimate of drug-likeness (QED) is 0.905. The smallest absolute Gasteiger partial charge is 0.251 e. The Hall–Kier alpha value is -1.20. The fraction of sp³-hybridized carbons (Fsp3) is 0.714. The van der Waals surface area contributed by atoms with Crippen molar-refractivity contribution in [3.63, 3.8) is 0 Å². The van der Waals surface area contributed by atoms with Gasteiger partial charge in [-0.05, 0) is 25.2 Å². The molecule has 0 radical (unpaired) electrons. The van der Waals surface area contributed by atoms with Crippen molar-refractivity contribution in [1.82, 2.24) is 9.97 Å². The number of aromatic nitrogens is 2. The first-order chi connectivity index (χ1) is 9.09. The van der Waals surface area contributed by atoms with Crippen LogP contribution in [0.3, 0.4) is 0 Å². The second-order valence-electron chi connectivity index (χ2n) is 5.42. The summed E-state index contributed by atoms with van der Waals surface area (Å²) in [5, 5.41) is 0. The molecular formula is C14H22N2O3. The molecular weight excluding hydrogens is 244 g/mol. The monoisotopic (exact) mass is 266 g/mol. The van der Waals surface area contributed by atoms with E-state index in [0.717, 1.165) is 19.3 Å². The highest BCUT2D eigenvalue weighted by Gasteiger charge is 2.39. The lowest BCUT2D eigenvalue weighted by molar-refractivity contribution is -0.0650. The van der Waals surface area contributed by atoms with E-state index >= 15 is 0 Å². The molecule has 1 aliphatic rings. The summed E-state index contributed by atoms with van der Waals surface area (Å²) >= 11 is 0. The third-order valence-electron chi connectivity index (χ3n) is 3.86. The van der Waals surface area contributed by atoms with E-state index in [1.807, 2.05) is 0 Å². The third-order valence-corrected chi connectivity index (χ3v) is 3.86. The summed E-state index contributed by atoms with van der Waals surface area (Å²) in [6.45, 7) is 2.55. The Bertz CT molecular complexity index is 486. The van der Waals surface area contributed by atoms with Crippen LogP contribution in [0.5, 0.6) is 0 Å². The first-order valence-electron chi connectivity index (χ1n) is 6.74. The molecule has 1 aliphatic carbocycles. The molecule has 1 heterocycles. The Balaban J connectivity index is 2.39. The molecule has 1 aromatic rings. The van der Waals surface area contributed by atoms with Gasteiger partial charge in [-0.15, -0.1) is 0 Å². The van der Waals surface area contributed by atoms with Gasteiger partial charge in [0, 0.05) is 20.3 Å². The summed E-state index contributed by atoms with van der Waals surface area (Å²) < 4.78 is 10.8. The molecule has 1 N–H and O–H groups in total. The number of methoxy groups -OCH3 is 2. The average Bonchev–Trinajstić information content (AvgIpc) is 2.38. The molecule has 0 aromatic carbocycles. The second kappa shape index (κ2) is 5.84. The molecule has 2 rings (SSSR count). The highest BCUT2D eigenvalue weighted by molar-refractivity contribution is 5.10. The van der Waals surface area contributed by atoms with Gasteiger partial charge >= 0.3 is 0 Å². The van der Waals surface area contributed by atoms with Crippen LogP contribution >= 0.6 is 0 Å². The highest BCUT2D eigenvalue weighted by atomic mass is 16.5. The molecule has 19 heavy (non-hydrogen) atoms. The van der Waals surface area contributed by atoms with Crippen molar-refractivity contribution >= 4 is 0 Å². The van der Waals surface area contributed by atoms with Gasteiger partial charge in [0.1, 0.15) is 11.4 Å². The standard InChI is InChI=1S/C14H22N2O3/c1-10-5-4-6-14(8-10,19-3)13-15-11(9-18-2)7-12(17)16-13/h7,10H,4-6,8-9H2,1-3H3,(H,15,16,17). The minimum atomic E-state index is -0.458. The first-order valence-corrected chi connectivity index (χ1v) is 6.74. The largest absolute Gasteiger partial charge is 0.378 e. The molecule has 106 valence electrons. The molecule has 5 heteroatoms. The van der Waals surface area contributed by atoms with E-state index in [9.17, 15) is 4.79 Å². The number of aromatic amines is 1. The van der Waals surface area contributed by atoms with Crippen molar-refractivity contribution in [2.24, 2.45) is 5.92 Å². The van der Waals surface area contributed by atoms with Crippen LogP contribution in [0.15, 0.2) is 10.9 Å². The number of nitrogens with one attached hydrogen (secondary N) is 1. The fourth-order valence-electron chi connectivity index (χ4n) is 2.95. The summed E-state index contributed by atoms with van der Waals surface area (Å²) in [6, 6.07) is 1.47. The van der Waals surface area contributed by atoms with Gasteiger partial charge < -0.3 is 14.5 Å². The van der Waals surface area contributed by atoms with Crippen LogP contribution in [-0.2, 0) is 21.7 Å². The van der Waals surface area contributed by atoms with Gasteiger partial charge in [-0.25, -0.2) is 4.98 Å². The zero-order chi connectivity index (χ0) is 13.9. The van der Waals surface area contributed by atoms with Crippen molar-refractivity contribution in [3.8, 4) is 0 Å². The van der Waals surface area contributed by atoms with E-state index in [4.69, 9.17) is 9.47 Å². The van der Waals surface area contributed by atoms with Crippen molar-refractivity contribution in [2.75, 3.05) is 14.2 Å². The van der Waals surface area contributed by atoms with E-state index in [1.165, 1.54) is 12.5 Å². The molecule has 1 aromatic heterocycles. The van der Waals surface area contributed by atoms with Crippen LogP contribution in [0.1, 0.15) is 44.1 Å². The van der Waals surface area contributed by atoms with E-state index in [1.54, 1.807) is 14.2 Å². The number of hydrogen-bond donors (Lipinski definition) is 1. The van der Waals surface area contributed by atoms with E-state index in [0.29, 0.717) is 24.0 Å². The Morgan fingerprint density at radius 3 is 2.95 bits per heavy atom. The average molecular weight is 266 g/mol. The van der Waals surface area contributed by atoms with Crippen LogP contribution in [0.2, 0.25) is 0 Å². The van der Waals surface area contributed by atoms with Gasteiger partial charge in [0.05, 0.1) is 12.3 Å². The first kappa shape index (κ1) is 14.2. The molecule has 2 atom stereocenters. The molecule has 5 nitrogen and oxygen atoms in total. The lowest BCUT2D eigenvalue weighted by Crippen LogP contribution is -2.37. The third kappa shape index (κ3) is 3.04. The fourth-order valence-corrected chi connectivity index (χ4v) is 2.95. The molecule has 1 fully saturated rings. The minimum Gasteiger partial charge on any atom is -0.378 e. The van der Waals surface area contributed by atoms with Gasteiger partial charge in [-0.2, -0.15) is 0 Å². The highest BCUT2D eigenvalue weighted by Crippen LogP contribution is 2.40. The number of ether oxygens (including phenoxy) is 2. The zero-order valence-electron chi connectivity index (χ0n) is 11.9. The maximum absolute atomic E-state index is 11.8. The normalized spacial score (nSPS) is 27.4. The molecule has 1 saturated carbocycles. The predicted octanol–water partition coefficient (Wildman–Crippen LogP) is 1.97. The predicted molar refractivity (Wildman–Crippen MR) is 71.9 cm³/mol. The molecule has 2 unspecified atom stereocenters. The Morgan fingerprint density at radius 1 is 1.53 bits per heavy atom. The minimum absolute atomic E-state index is 0.147. The maximum atomic E-state index is 11.8. The van der Waals surface area contributed by atoms with E-state index in [2.05, 4.69) is 16.9 Å². The van der Waals surface area contributed by atoms with Crippen molar-refractivity contribution in [2.45, 2.75) is 44.8 Å². The van der Waals surface area contributed by atoms with Crippen LogP contribution in [-0.4, -0.2) is 24.2 Å². The van der Waals surface area contributed by atoms with Gasteiger partial charge in [0.15, 0.2) is 0 Å². The Labute approximate surface area is 113 Å². The SMILES string of the molecule is COCc1cc(=O)[nH]c(C2(OC)CCCC(C)C2)n1.